The summed E-state index contributed by atoms with van der Waals surface area (Å²) >= 11 is 0. The smallest absolute Gasteiger partial charge is 0.165 e. The van der Waals surface area contributed by atoms with E-state index in [9.17, 15) is 9.50 Å². The van der Waals surface area contributed by atoms with Gasteiger partial charge in [0.25, 0.3) is 0 Å². The van der Waals surface area contributed by atoms with Crippen LogP contribution in [-0.2, 0) is 5.60 Å². The van der Waals surface area contributed by atoms with Crippen LogP contribution >= 0.6 is 0 Å². The molecule has 0 saturated heterocycles. The molecule has 0 spiro atoms. The van der Waals surface area contributed by atoms with Crippen LogP contribution in [0.4, 0.5) is 4.39 Å². The molecule has 0 heterocycles. The molecule has 0 saturated carbocycles. The van der Waals surface area contributed by atoms with E-state index >= 15 is 0 Å². The highest BCUT2D eigenvalue weighted by Gasteiger charge is 2.28. The summed E-state index contributed by atoms with van der Waals surface area (Å²) in [5, 5.41) is 10.8. The van der Waals surface area contributed by atoms with Crippen molar-refractivity contribution in [2.75, 3.05) is 7.11 Å². The van der Waals surface area contributed by atoms with Crippen molar-refractivity contribution < 1.29 is 14.2 Å². The highest BCUT2D eigenvalue weighted by molar-refractivity contribution is 5.43. The third-order valence-electron chi connectivity index (χ3n) is 3.63. The van der Waals surface area contributed by atoms with Gasteiger partial charge >= 0.3 is 0 Å². The number of hydrogen-bond donors (Lipinski definition) is 1. The fraction of sp³-hybridized carbons (Fsp3) is 0.294. The average Bonchev–Trinajstić information content (AvgIpc) is 2.41. The number of aryl methyl sites for hydroxylation is 2. The Hall–Kier alpha value is -1.87. The topological polar surface area (TPSA) is 29.5 Å². The number of methoxy groups -OCH3 is 1. The third-order valence-corrected chi connectivity index (χ3v) is 3.63. The predicted octanol–water partition coefficient (Wildman–Crippen LogP) is 3.71. The summed E-state index contributed by atoms with van der Waals surface area (Å²) < 4.78 is 18.7. The number of rotatable bonds is 3. The van der Waals surface area contributed by atoms with Crippen LogP contribution in [0.3, 0.4) is 0 Å². The van der Waals surface area contributed by atoms with E-state index in [1.165, 1.54) is 19.2 Å². The largest absolute Gasteiger partial charge is 0.494 e. The second-order valence-corrected chi connectivity index (χ2v) is 5.24. The SMILES string of the molecule is COc1ccc(C(C)(O)c2cc(C)ccc2C)cc1F. The average molecular weight is 274 g/mol. The Labute approximate surface area is 118 Å². The number of aliphatic hydroxyl groups is 1. The molecule has 106 valence electrons. The van der Waals surface area contributed by atoms with Gasteiger partial charge in [-0.05, 0) is 49.6 Å². The summed E-state index contributed by atoms with van der Waals surface area (Å²) in [5.74, 6) is -0.305. The van der Waals surface area contributed by atoms with Gasteiger partial charge in [-0.15, -0.1) is 0 Å². The molecule has 1 atom stereocenters. The van der Waals surface area contributed by atoms with Crippen molar-refractivity contribution in [3.05, 3.63) is 64.5 Å². The van der Waals surface area contributed by atoms with Crippen molar-refractivity contribution in [2.45, 2.75) is 26.4 Å². The molecule has 0 amide bonds. The Morgan fingerprint density at radius 2 is 1.80 bits per heavy atom. The van der Waals surface area contributed by atoms with Crippen molar-refractivity contribution in [1.29, 1.82) is 0 Å². The van der Waals surface area contributed by atoms with Crippen molar-refractivity contribution in [2.24, 2.45) is 0 Å². The Bertz CT molecular complexity index is 633. The van der Waals surface area contributed by atoms with Gasteiger partial charge in [0.15, 0.2) is 11.6 Å². The zero-order valence-electron chi connectivity index (χ0n) is 12.2. The first-order valence-electron chi connectivity index (χ1n) is 6.50. The van der Waals surface area contributed by atoms with Gasteiger partial charge in [-0.3, -0.25) is 0 Å². The summed E-state index contributed by atoms with van der Waals surface area (Å²) in [7, 11) is 1.42. The van der Waals surface area contributed by atoms with E-state index in [4.69, 9.17) is 4.74 Å². The Kier molecular flexibility index (Phi) is 3.82. The summed E-state index contributed by atoms with van der Waals surface area (Å²) in [6.45, 7) is 5.58. The first kappa shape index (κ1) is 14.5. The normalized spacial score (nSPS) is 13.9. The highest BCUT2D eigenvalue weighted by atomic mass is 19.1. The van der Waals surface area contributed by atoms with Crippen molar-refractivity contribution >= 4 is 0 Å². The number of hydrogen-bond acceptors (Lipinski definition) is 2. The molecule has 3 heteroatoms. The molecule has 2 nitrogen and oxygen atoms in total. The predicted molar refractivity (Wildman–Crippen MR) is 77.5 cm³/mol. The van der Waals surface area contributed by atoms with Gasteiger partial charge in [-0.25, -0.2) is 4.39 Å². The van der Waals surface area contributed by atoms with Gasteiger partial charge in [0, 0.05) is 0 Å². The zero-order valence-corrected chi connectivity index (χ0v) is 12.2. The lowest BCUT2D eigenvalue weighted by atomic mass is 9.85. The fourth-order valence-electron chi connectivity index (χ4n) is 2.38. The highest BCUT2D eigenvalue weighted by Crippen LogP contribution is 2.33. The molecule has 0 fully saturated rings. The third kappa shape index (κ3) is 2.54. The Morgan fingerprint density at radius 1 is 1.10 bits per heavy atom. The van der Waals surface area contributed by atoms with Crippen LogP contribution in [0.5, 0.6) is 5.75 Å². The maximum atomic E-state index is 13.8. The van der Waals surface area contributed by atoms with Gasteiger partial charge in [-0.1, -0.05) is 29.8 Å². The molecule has 2 aromatic carbocycles. The van der Waals surface area contributed by atoms with E-state index in [0.29, 0.717) is 5.56 Å². The van der Waals surface area contributed by atoms with Crippen LogP contribution in [0, 0.1) is 19.7 Å². The van der Waals surface area contributed by atoms with Gasteiger partial charge in [0.1, 0.15) is 5.60 Å². The van der Waals surface area contributed by atoms with Gasteiger partial charge < -0.3 is 9.84 Å². The summed E-state index contributed by atoms with van der Waals surface area (Å²) in [4.78, 5) is 0. The van der Waals surface area contributed by atoms with Crippen LogP contribution in [-0.4, -0.2) is 12.2 Å². The molecule has 1 N–H and O–H groups in total. The minimum absolute atomic E-state index is 0.172. The molecule has 0 bridgehead atoms. The van der Waals surface area contributed by atoms with Gasteiger partial charge in [-0.2, -0.15) is 0 Å². The van der Waals surface area contributed by atoms with Crippen molar-refractivity contribution in [1.82, 2.24) is 0 Å². The van der Waals surface area contributed by atoms with E-state index in [0.717, 1.165) is 16.7 Å². The van der Waals surface area contributed by atoms with E-state index in [1.807, 2.05) is 32.0 Å². The van der Waals surface area contributed by atoms with E-state index in [-0.39, 0.29) is 5.75 Å². The summed E-state index contributed by atoms with van der Waals surface area (Å²) in [6, 6.07) is 10.4. The van der Waals surface area contributed by atoms with Crippen LogP contribution < -0.4 is 4.74 Å². The first-order valence-corrected chi connectivity index (χ1v) is 6.50. The monoisotopic (exact) mass is 274 g/mol. The second-order valence-electron chi connectivity index (χ2n) is 5.24. The van der Waals surface area contributed by atoms with Gasteiger partial charge in [0.05, 0.1) is 7.11 Å². The molecule has 0 aliphatic rings. The molecular formula is C17H19FO2. The maximum absolute atomic E-state index is 13.8. The lowest BCUT2D eigenvalue weighted by Crippen LogP contribution is -2.24. The minimum atomic E-state index is -1.25. The second kappa shape index (κ2) is 5.25. The van der Waals surface area contributed by atoms with Crippen LogP contribution in [0.2, 0.25) is 0 Å². The standard InChI is InChI=1S/C17H19FO2/c1-11-5-6-12(2)14(9-11)17(3,19)13-7-8-16(20-4)15(18)10-13/h5-10,19H,1-4H3. The number of benzene rings is 2. The lowest BCUT2D eigenvalue weighted by molar-refractivity contribution is 0.101. The molecular weight excluding hydrogens is 255 g/mol. The zero-order chi connectivity index (χ0) is 14.9. The molecule has 0 aliphatic carbocycles. The molecule has 0 radical (unpaired) electrons. The molecule has 20 heavy (non-hydrogen) atoms. The quantitative estimate of drug-likeness (QED) is 0.924. The number of ether oxygens (including phenoxy) is 1. The van der Waals surface area contributed by atoms with Crippen molar-refractivity contribution in [3.8, 4) is 5.75 Å². The Balaban J connectivity index is 2.54. The van der Waals surface area contributed by atoms with E-state index in [2.05, 4.69) is 0 Å². The maximum Gasteiger partial charge on any atom is 0.165 e. The van der Waals surface area contributed by atoms with E-state index < -0.39 is 11.4 Å². The van der Waals surface area contributed by atoms with E-state index in [1.54, 1.807) is 13.0 Å². The molecule has 2 rings (SSSR count). The summed E-state index contributed by atoms with van der Waals surface area (Å²) in [6.07, 6.45) is 0. The molecule has 0 aliphatic heterocycles. The van der Waals surface area contributed by atoms with Gasteiger partial charge in [0.2, 0.25) is 0 Å². The van der Waals surface area contributed by atoms with Crippen LogP contribution in [0.25, 0.3) is 0 Å². The first-order chi connectivity index (χ1) is 9.36. The summed E-state index contributed by atoms with van der Waals surface area (Å²) in [5.41, 5.74) is 2.06. The molecule has 1 unspecified atom stereocenters. The minimum Gasteiger partial charge on any atom is -0.494 e. The van der Waals surface area contributed by atoms with Crippen molar-refractivity contribution in [3.63, 3.8) is 0 Å². The lowest BCUT2D eigenvalue weighted by Gasteiger charge is -2.27. The number of halogens is 1. The molecule has 2 aromatic rings. The molecule has 0 aromatic heterocycles. The fourth-order valence-corrected chi connectivity index (χ4v) is 2.38. The van der Waals surface area contributed by atoms with Crippen LogP contribution in [0.1, 0.15) is 29.2 Å². The Morgan fingerprint density at radius 3 is 2.40 bits per heavy atom. The van der Waals surface area contributed by atoms with Crippen LogP contribution in [0.15, 0.2) is 36.4 Å².